The highest BCUT2D eigenvalue weighted by Crippen LogP contribution is 2.32. The molecule has 0 radical (unpaired) electrons. The Kier molecular flexibility index (Phi) is 8.57. The van der Waals surface area contributed by atoms with Gasteiger partial charge in [-0.25, -0.2) is 0 Å². The van der Waals surface area contributed by atoms with Gasteiger partial charge in [0.2, 0.25) is 0 Å². The third-order valence-corrected chi connectivity index (χ3v) is 4.91. The Morgan fingerprint density at radius 3 is 2.38 bits per heavy atom. The average molecular weight is 422 g/mol. The van der Waals surface area contributed by atoms with Crippen LogP contribution in [0.4, 0.5) is 5.69 Å². The number of rotatable bonds is 7. The van der Waals surface area contributed by atoms with E-state index in [1.54, 1.807) is 38.5 Å². The number of nitrogens with zero attached hydrogens (tertiary/aromatic N) is 1. The quantitative estimate of drug-likeness (QED) is 0.668. The monoisotopic (exact) mass is 421 g/mol. The maximum Gasteiger partial charge on any atom is 0.251 e. The molecule has 1 atom stereocenters. The molecule has 7 nitrogen and oxygen atoms in total. The molecule has 1 aliphatic heterocycles. The van der Waals surface area contributed by atoms with Gasteiger partial charge in [-0.05, 0) is 42.0 Å². The summed E-state index contributed by atoms with van der Waals surface area (Å²) in [4.78, 5) is 14.9. The summed E-state index contributed by atoms with van der Waals surface area (Å²) >= 11 is 0. The van der Waals surface area contributed by atoms with Crippen molar-refractivity contribution in [3.8, 4) is 11.5 Å². The highest BCUT2D eigenvalue weighted by Gasteiger charge is 2.24. The van der Waals surface area contributed by atoms with E-state index in [9.17, 15) is 4.79 Å². The normalized spacial score (nSPS) is 15.1. The van der Waals surface area contributed by atoms with Crippen LogP contribution in [0, 0.1) is 0 Å². The number of hydrogen-bond acceptors (Lipinski definition) is 6. The van der Waals surface area contributed by atoms with Gasteiger partial charge in [0.05, 0.1) is 33.5 Å². The number of nitrogens with one attached hydrogen (secondary N) is 1. The molecular formula is C21H28ClN3O4. The molecule has 1 amide bonds. The summed E-state index contributed by atoms with van der Waals surface area (Å²) in [5, 5.41) is 3.05. The lowest BCUT2D eigenvalue weighted by molar-refractivity contribution is 0.0162. The number of halogens is 1. The number of methoxy groups -OCH3 is 2. The number of anilines is 1. The lowest BCUT2D eigenvalue weighted by Crippen LogP contribution is -2.43. The fourth-order valence-corrected chi connectivity index (χ4v) is 3.33. The van der Waals surface area contributed by atoms with Gasteiger partial charge in [-0.3, -0.25) is 9.69 Å². The van der Waals surface area contributed by atoms with E-state index in [0.717, 1.165) is 18.7 Å². The van der Waals surface area contributed by atoms with E-state index in [1.165, 1.54) is 0 Å². The fraction of sp³-hybridized carbons (Fsp3) is 0.381. The molecule has 2 aromatic carbocycles. The molecule has 1 heterocycles. The van der Waals surface area contributed by atoms with Gasteiger partial charge in [0.1, 0.15) is 0 Å². The molecule has 2 aromatic rings. The zero-order chi connectivity index (χ0) is 19.9. The zero-order valence-corrected chi connectivity index (χ0v) is 17.5. The van der Waals surface area contributed by atoms with E-state index in [-0.39, 0.29) is 24.4 Å². The number of carbonyl (C=O) groups excluding carboxylic acids is 1. The highest BCUT2D eigenvalue weighted by molar-refractivity contribution is 5.94. The summed E-state index contributed by atoms with van der Waals surface area (Å²) in [5.41, 5.74) is 7.97. The van der Waals surface area contributed by atoms with Gasteiger partial charge in [-0.1, -0.05) is 6.07 Å². The van der Waals surface area contributed by atoms with Crippen LogP contribution in [0.5, 0.6) is 11.5 Å². The standard InChI is InChI=1S/C21H27N3O4.ClH/c1-26-19-8-5-16(13-20(19)27-2)18(24-9-11-28-12-10-24)14-23-21(25)15-3-6-17(22)7-4-15;/h3-8,13,18H,9-12,14,22H2,1-2H3,(H,23,25);1H. The fourth-order valence-electron chi connectivity index (χ4n) is 3.33. The predicted molar refractivity (Wildman–Crippen MR) is 115 cm³/mol. The molecule has 3 N–H and O–H groups in total. The van der Waals surface area contributed by atoms with E-state index < -0.39 is 0 Å². The van der Waals surface area contributed by atoms with Crippen molar-refractivity contribution >= 4 is 24.0 Å². The number of morpholine rings is 1. The summed E-state index contributed by atoms with van der Waals surface area (Å²) in [7, 11) is 3.23. The molecular weight excluding hydrogens is 394 g/mol. The Balaban J connectivity index is 0.00000300. The minimum absolute atomic E-state index is 0. The van der Waals surface area contributed by atoms with Crippen molar-refractivity contribution in [2.45, 2.75) is 6.04 Å². The number of carbonyl (C=O) groups is 1. The van der Waals surface area contributed by atoms with Crippen LogP contribution < -0.4 is 20.5 Å². The Morgan fingerprint density at radius 2 is 1.76 bits per heavy atom. The van der Waals surface area contributed by atoms with E-state index in [0.29, 0.717) is 42.5 Å². The number of amides is 1. The maximum atomic E-state index is 12.6. The molecule has 3 rings (SSSR count). The Hall–Kier alpha value is -2.48. The van der Waals surface area contributed by atoms with Crippen LogP contribution in [0.2, 0.25) is 0 Å². The van der Waals surface area contributed by atoms with Crippen molar-refractivity contribution in [3.05, 3.63) is 53.6 Å². The Labute approximate surface area is 177 Å². The lowest BCUT2D eigenvalue weighted by atomic mass is 10.0. The van der Waals surface area contributed by atoms with Crippen molar-refractivity contribution in [3.63, 3.8) is 0 Å². The summed E-state index contributed by atoms with van der Waals surface area (Å²) < 4.78 is 16.3. The summed E-state index contributed by atoms with van der Waals surface area (Å²) in [6.07, 6.45) is 0. The molecule has 0 saturated carbocycles. The average Bonchev–Trinajstić information content (AvgIpc) is 2.74. The van der Waals surface area contributed by atoms with Crippen LogP contribution in [0.1, 0.15) is 22.0 Å². The smallest absolute Gasteiger partial charge is 0.251 e. The van der Waals surface area contributed by atoms with Crippen molar-refractivity contribution in [1.82, 2.24) is 10.2 Å². The summed E-state index contributed by atoms with van der Waals surface area (Å²) in [5.74, 6) is 1.22. The van der Waals surface area contributed by atoms with E-state index in [1.807, 2.05) is 18.2 Å². The minimum Gasteiger partial charge on any atom is -0.493 e. The molecule has 29 heavy (non-hydrogen) atoms. The van der Waals surface area contributed by atoms with E-state index >= 15 is 0 Å². The highest BCUT2D eigenvalue weighted by atomic mass is 35.5. The van der Waals surface area contributed by atoms with Crippen LogP contribution in [-0.2, 0) is 4.74 Å². The van der Waals surface area contributed by atoms with Crippen molar-refractivity contribution in [1.29, 1.82) is 0 Å². The third-order valence-electron chi connectivity index (χ3n) is 4.91. The molecule has 158 valence electrons. The first kappa shape index (κ1) is 22.8. The largest absolute Gasteiger partial charge is 0.493 e. The van der Waals surface area contributed by atoms with Gasteiger partial charge >= 0.3 is 0 Å². The van der Waals surface area contributed by atoms with Gasteiger partial charge in [-0.15, -0.1) is 12.4 Å². The molecule has 1 fully saturated rings. The molecule has 0 spiro atoms. The SMILES string of the molecule is COc1ccc(C(CNC(=O)c2ccc(N)cc2)N2CCOCC2)cc1OC.Cl. The number of benzene rings is 2. The second kappa shape index (κ2) is 10.9. The topological polar surface area (TPSA) is 86.0 Å². The number of nitrogens with two attached hydrogens (primary N) is 1. The van der Waals surface area contributed by atoms with Crippen molar-refractivity contribution in [2.24, 2.45) is 0 Å². The second-order valence-electron chi connectivity index (χ2n) is 6.61. The van der Waals surface area contributed by atoms with Crippen LogP contribution in [0.3, 0.4) is 0 Å². The molecule has 0 aromatic heterocycles. The molecule has 0 aliphatic carbocycles. The van der Waals surface area contributed by atoms with Crippen LogP contribution in [0.25, 0.3) is 0 Å². The molecule has 8 heteroatoms. The number of nitrogen functional groups attached to an aromatic ring is 1. The van der Waals surface area contributed by atoms with E-state index in [4.69, 9.17) is 19.9 Å². The lowest BCUT2D eigenvalue weighted by Gasteiger charge is -2.35. The second-order valence-corrected chi connectivity index (χ2v) is 6.61. The van der Waals surface area contributed by atoms with Gasteiger partial charge in [0.15, 0.2) is 11.5 Å². The summed E-state index contributed by atoms with van der Waals surface area (Å²) in [6.45, 7) is 3.43. The van der Waals surface area contributed by atoms with Crippen LogP contribution in [-0.4, -0.2) is 57.9 Å². The van der Waals surface area contributed by atoms with Crippen molar-refractivity contribution < 1.29 is 19.0 Å². The summed E-state index contributed by atoms with van der Waals surface area (Å²) in [6, 6.07) is 12.8. The minimum atomic E-state index is -0.126. The Bertz CT molecular complexity index is 795. The molecule has 0 bridgehead atoms. The molecule has 1 aliphatic rings. The van der Waals surface area contributed by atoms with Crippen LogP contribution >= 0.6 is 12.4 Å². The Morgan fingerprint density at radius 1 is 1.10 bits per heavy atom. The zero-order valence-electron chi connectivity index (χ0n) is 16.7. The third kappa shape index (κ3) is 5.76. The van der Waals surface area contributed by atoms with Crippen LogP contribution in [0.15, 0.2) is 42.5 Å². The van der Waals surface area contributed by atoms with Crippen molar-refractivity contribution in [2.75, 3.05) is 52.8 Å². The maximum absolute atomic E-state index is 12.6. The first-order chi connectivity index (χ1) is 13.6. The first-order valence-corrected chi connectivity index (χ1v) is 9.30. The van der Waals surface area contributed by atoms with Gasteiger partial charge in [-0.2, -0.15) is 0 Å². The van der Waals surface area contributed by atoms with Gasteiger partial charge in [0, 0.05) is 30.9 Å². The van der Waals surface area contributed by atoms with E-state index in [2.05, 4.69) is 10.2 Å². The molecule has 1 unspecified atom stereocenters. The first-order valence-electron chi connectivity index (χ1n) is 9.30. The number of ether oxygens (including phenoxy) is 3. The molecule has 1 saturated heterocycles. The number of hydrogen-bond donors (Lipinski definition) is 2. The predicted octanol–water partition coefficient (Wildman–Crippen LogP) is 2.51. The van der Waals surface area contributed by atoms with Gasteiger partial charge in [0.25, 0.3) is 5.91 Å². The van der Waals surface area contributed by atoms with Gasteiger partial charge < -0.3 is 25.3 Å².